The fourth-order valence-electron chi connectivity index (χ4n) is 2.56. The molecule has 1 aliphatic heterocycles. The Morgan fingerprint density at radius 2 is 1.75 bits per heavy atom. The van der Waals surface area contributed by atoms with Crippen molar-refractivity contribution in [3.8, 4) is 0 Å². The minimum Gasteiger partial charge on any atom is -0.466 e. The molecule has 0 saturated heterocycles. The molecule has 2 atom stereocenters. The molecule has 6 heteroatoms. The fourth-order valence-corrected chi connectivity index (χ4v) is 2.56. The maximum Gasteiger partial charge on any atom is 0.417 e. The monoisotopic (exact) mass is 329 g/mol. The van der Waals surface area contributed by atoms with E-state index in [1.807, 2.05) is 6.07 Å². The van der Waals surface area contributed by atoms with E-state index >= 15 is 0 Å². The zero-order valence-corrected chi connectivity index (χ0v) is 13.8. The summed E-state index contributed by atoms with van der Waals surface area (Å²) < 4.78 is 9.42. The van der Waals surface area contributed by atoms with Crippen LogP contribution in [0, 0.1) is 11.8 Å². The van der Waals surface area contributed by atoms with Crippen molar-refractivity contribution < 1.29 is 23.9 Å². The Morgan fingerprint density at radius 1 is 1.08 bits per heavy atom. The number of hydrogen-bond donors (Lipinski definition) is 0. The number of carbonyl (C=O) groups is 3. The SMILES string of the molecule is COC(=O)C1=CN(C(=O)OC)C=CC1C(C)C(=O)c1ccccc1. The van der Waals surface area contributed by atoms with Crippen molar-refractivity contribution in [3.63, 3.8) is 0 Å². The lowest BCUT2D eigenvalue weighted by molar-refractivity contribution is -0.136. The predicted octanol–water partition coefficient (Wildman–Crippen LogP) is 2.77. The molecule has 1 amide bonds. The van der Waals surface area contributed by atoms with Crippen molar-refractivity contribution in [3.05, 3.63) is 59.9 Å². The normalized spacial score (nSPS) is 17.7. The lowest BCUT2D eigenvalue weighted by Gasteiger charge is -2.27. The second-order valence-electron chi connectivity index (χ2n) is 5.34. The smallest absolute Gasteiger partial charge is 0.417 e. The lowest BCUT2D eigenvalue weighted by atomic mass is 9.81. The molecule has 6 nitrogen and oxygen atoms in total. The summed E-state index contributed by atoms with van der Waals surface area (Å²) in [7, 11) is 2.50. The van der Waals surface area contributed by atoms with Crippen LogP contribution in [0.1, 0.15) is 17.3 Å². The van der Waals surface area contributed by atoms with E-state index < -0.39 is 23.9 Å². The van der Waals surface area contributed by atoms with E-state index in [0.29, 0.717) is 5.56 Å². The molecule has 0 aliphatic carbocycles. The molecule has 1 aliphatic rings. The van der Waals surface area contributed by atoms with Crippen molar-refractivity contribution in [1.82, 2.24) is 4.90 Å². The molecule has 0 aromatic heterocycles. The van der Waals surface area contributed by atoms with Crippen LogP contribution in [0.5, 0.6) is 0 Å². The Labute approximate surface area is 140 Å². The molecular formula is C18H19NO5. The van der Waals surface area contributed by atoms with Crippen LogP contribution in [-0.4, -0.2) is 37.0 Å². The Balaban J connectivity index is 2.31. The molecular weight excluding hydrogens is 310 g/mol. The number of ether oxygens (including phenoxy) is 2. The topological polar surface area (TPSA) is 72.9 Å². The van der Waals surface area contributed by atoms with Gasteiger partial charge < -0.3 is 9.47 Å². The van der Waals surface area contributed by atoms with Crippen molar-refractivity contribution in [1.29, 1.82) is 0 Å². The van der Waals surface area contributed by atoms with Crippen LogP contribution in [0.3, 0.4) is 0 Å². The summed E-state index contributed by atoms with van der Waals surface area (Å²) in [6, 6.07) is 8.86. The van der Waals surface area contributed by atoms with Crippen LogP contribution in [0.4, 0.5) is 4.79 Å². The zero-order valence-electron chi connectivity index (χ0n) is 13.8. The van der Waals surface area contributed by atoms with Gasteiger partial charge in [0.25, 0.3) is 0 Å². The third kappa shape index (κ3) is 3.53. The Kier molecular flexibility index (Phi) is 5.52. The van der Waals surface area contributed by atoms with Crippen LogP contribution < -0.4 is 0 Å². The number of allylic oxidation sites excluding steroid dienone is 1. The molecule has 2 rings (SSSR count). The summed E-state index contributed by atoms with van der Waals surface area (Å²) in [5, 5.41) is 0. The van der Waals surface area contributed by atoms with E-state index in [9.17, 15) is 14.4 Å². The molecule has 0 bridgehead atoms. The molecule has 2 unspecified atom stereocenters. The second-order valence-corrected chi connectivity index (χ2v) is 5.34. The first-order valence-corrected chi connectivity index (χ1v) is 7.43. The van der Waals surface area contributed by atoms with E-state index in [-0.39, 0.29) is 11.4 Å². The van der Waals surface area contributed by atoms with Crippen molar-refractivity contribution in [2.75, 3.05) is 14.2 Å². The van der Waals surface area contributed by atoms with Crippen LogP contribution in [0.25, 0.3) is 0 Å². The van der Waals surface area contributed by atoms with Gasteiger partial charge >= 0.3 is 12.1 Å². The number of Topliss-reactive ketones (excluding diaryl/α,β-unsaturated/α-hetero) is 1. The van der Waals surface area contributed by atoms with Crippen LogP contribution in [0.15, 0.2) is 54.4 Å². The molecule has 0 fully saturated rings. The van der Waals surface area contributed by atoms with Gasteiger partial charge in [0, 0.05) is 29.8 Å². The van der Waals surface area contributed by atoms with Crippen molar-refractivity contribution in [2.45, 2.75) is 6.92 Å². The van der Waals surface area contributed by atoms with Crippen molar-refractivity contribution >= 4 is 17.8 Å². The summed E-state index contributed by atoms with van der Waals surface area (Å²) in [5.41, 5.74) is 0.792. The number of ketones is 1. The average molecular weight is 329 g/mol. The molecule has 0 radical (unpaired) electrons. The Bertz CT molecular complexity index is 693. The van der Waals surface area contributed by atoms with E-state index in [2.05, 4.69) is 4.74 Å². The lowest BCUT2D eigenvalue weighted by Crippen LogP contribution is -2.32. The maximum atomic E-state index is 12.7. The third-order valence-corrected chi connectivity index (χ3v) is 3.91. The molecule has 126 valence electrons. The largest absolute Gasteiger partial charge is 0.466 e. The highest BCUT2D eigenvalue weighted by molar-refractivity contribution is 6.00. The van der Waals surface area contributed by atoms with Crippen LogP contribution in [-0.2, 0) is 14.3 Å². The Morgan fingerprint density at radius 3 is 2.33 bits per heavy atom. The van der Waals surface area contributed by atoms with Crippen LogP contribution in [0.2, 0.25) is 0 Å². The number of nitrogens with zero attached hydrogens (tertiary/aromatic N) is 1. The van der Waals surface area contributed by atoms with Crippen LogP contribution >= 0.6 is 0 Å². The van der Waals surface area contributed by atoms with E-state index in [4.69, 9.17) is 4.74 Å². The Hall–Kier alpha value is -2.89. The summed E-state index contributed by atoms with van der Waals surface area (Å²) in [4.78, 5) is 37.5. The molecule has 0 saturated carbocycles. The summed E-state index contributed by atoms with van der Waals surface area (Å²) in [6.07, 6.45) is 3.83. The predicted molar refractivity (Wildman–Crippen MR) is 86.9 cm³/mol. The first-order valence-electron chi connectivity index (χ1n) is 7.43. The second kappa shape index (κ2) is 7.59. The molecule has 1 heterocycles. The summed E-state index contributed by atoms with van der Waals surface area (Å²) in [5.74, 6) is -1.67. The number of hydrogen-bond acceptors (Lipinski definition) is 5. The van der Waals surface area contributed by atoms with E-state index in [1.165, 1.54) is 26.6 Å². The minimum atomic E-state index is -0.631. The average Bonchev–Trinajstić information content (AvgIpc) is 2.65. The van der Waals surface area contributed by atoms with Gasteiger partial charge in [0.05, 0.1) is 19.8 Å². The molecule has 1 aromatic carbocycles. The zero-order chi connectivity index (χ0) is 17.7. The summed E-state index contributed by atoms with van der Waals surface area (Å²) in [6.45, 7) is 1.74. The molecule has 0 N–H and O–H groups in total. The fraction of sp³-hybridized carbons (Fsp3) is 0.278. The quantitative estimate of drug-likeness (QED) is 0.627. The van der Waals surface area contributed by atoms with E-state index in [0.717, 1.165) is 4.90 Å². The van der Waals surface area contributed by atoms with Gasteiger partial charge in [-0.1, -0.05) is 43.3 Å². The number of amides is 1. The first kappa shape index (κ1) is 17.5. The van der Waals surface area contributed by atoms with Gasteiger partial charge in [-0.25, -0.2) is 9.59 Å². The van der Waals surface area contributed by atoms with Crippen molar-refractivity contribution in [2.24, 2.45) is 11.8 Å². The number of methoxy groups -OCH3 is 2. The highest BCUT2D eigenvalue weighted by Crippen LogP contribution is 2.30. The third-order valence-electron chi connectivity index (χ3n) is 3.91. The highest BCUT2D eigenvalue weighted by Gasteiger charge is 2.33. The van der Waals surface area contributed by atoms with Gasteiger partial charge in [-0.2, -0.15) is 0 Å². The van der Waals surface area contributed by atoms with E-state index in [1.54, 1.807) is 37.3 Å². The van der Waals surface area contributed by atoms with Gasteiger partial charge in [-0.3, -0.25) is 9.69 Å². The minimum absolute atomic E-state index is 0.0911. The van der Waals surface area contributed by atoms with Gasteiger partial charge in [0.1, 0.15) is 0 Å². The molecule has 24 heavy (non-hydrogen) atoms. The first-order chi connectivity index (χ1) is 11.5. The number of esters is 1. The van der Waals surface area contributed by atoms with Gasteiger partial charge in [0.15, 0.2) is 5.78 Å². The number of rotatable bonds is 4. The maximum absolute atomic E-state index is 12.7. The molecule has 0 spiro atoms. The number of benzene rings is 1. The van der Waals surface area contributed by atoms with Gasteiger partial charge in [-0.15, -0.1) is 0 Å². The standard InChI is InChI=1S/C18H19NO5/c1-12(16(20)13-7-5-4-6-8-13)14-9-10-19(18(22)24-3)11-15(14)17(21)23-2/h4-12,14H,1-3H3. The molecule has 1 aromatic rings. The summed E-state index contributed by atoms with van der Waals surface area (Å²) >= 11 is 0. The van der Waals surface area contributed by atoms with Gasteiger partial charge in [-0.05, 0) is 0 Å². The highest BCUT2D eigenvalue weighted by atomic mass is 16.5. The number of carbonyl (C=O) groups excluding carboxylic acids is 3. The van der Waals surface area contributed by atoms with Gasteiger partial charge in [0.2, 0.25) is 0 Å².